The smallest absolute Gasteiger partial charge is 0.197 e. The van der Waals surface area contributed by atoms with Crippen molar-refractivity contribution in [3.8, 4) is 5.75 Å². The molecule has 0 unspecified atom stereocenters. The van der Waals surface area contributed by atoms with Crippen LogP contribution in [-0.2, 0) is 6.54 Å². The van der Waals surface area contributed by atoms with Crippen molar-refractivity contribution in [2.75, 3.05) is 24.8 Å². The van der Waals surface area contributed by atoms with Gasteiger partial charge in [-0.25, -0.2) is 0 Å². The molecule has 2 rings (SSSR count). The molecule has 0 spiro atoms. The average Bonchev–Trinajstić information content (AvgIpc) is 2.87. The summed E-state index contributed by atoms with van der Waals surface area (Å²) in [6, 6.07) is 2.11. The number of hydrogen-bond acceptors (Lipinski definition) is 6. The van der Waals surface area contributed by atoms with Gasteiger partial charge in [-0.1, -0.05) is 0 Å². The Balaban J connectivity index is 2.17. The van der Waals surface area contributed by atoms with Crippen molar-refractivity contribution in [1.29, 1.82) is 0 Å². The maximum atomic E-state index is 5.71. The number of nitrogens with two attached hydrogens (primary N) is 1. The molecular weight excluding hydrogens is 242 g/mol. The van der Waals surface area contributed by atoms with Crippen LogP contribution in [0.25, 0.3) is 0 Å². The van der Waals surface area contributed by atoms with Gasteiger partial charge in [0.1, 0.15) is 0 Å². The molecule has 0 aromatic carbocycles. The number of nitrogens with zero attached hydrogens (tertiary/aromatic N) is 2. The number of rotatable bonds is 4. The van der Waals surface area contributed by atoms with E-state index in [0.717, 1.165) is 11.5 Å². The van der Waals surface area contributed by atoms with Crippen molar-refractivity contribution >= 4 is 33.7 Å². The topological polar surface area (TPSA) is 51.4 Å². The first kappa shape index (κ1) is 11.2. The zero-order valence-electron chi connectivity index (χ0n) is 9.14. The molecule has 0 amide bonds. The largest absolute Gasteiger partial charge is 0.490 e. The molecule has 2 aromatic heterocycles. The summed E-state index contributed by atoms with van der Waals surface area (Å²) < 4.78 is 9.33. The molecule has 86 valence electrons. The molecule has 2 aromatic rings. The summed E-state index contributed by atoms with van der Waals surface area (Å²) in [5.74, 6) is 1.13. The fourth-order valence-corrected chi connectivity index (χ4v) is 2.85. The van der Waals surface area contributed by atoms with Crippen LogP contribution in [0.4, 0.5) is 10.8 Å². The maximum absolute atomic E-state index is 5.71. The standard InChI is InChI=1S/C10H13N3OS2/c1-13(5-7-3-4-15-6-7)10-8(14-2)9(11)12-16-10/h3-4,6H,5H2,1-2H3,(H2,11,12). The first-order chi connectivity index (χ1) is 7.72. The van der Waals surface area contributed by atoms with Crippen LogP contribution in [0, 0.1) is 0 Å². The summed E-state index contributed by atoms with van der Waals surface area (Å²) in [5, 5.41) is 5.17. The molecule has 0 fully saturated rings. The lowest BCUT2D eigenvalue weighted by molar-refractivity contribution is 0.418. The number of methoxy groups -OCH3 is 1. The van der Waals surface area contributed by atoms with E-state index >= 15 is 0 Å². The Labute approximate surface area is 102 Å². The SMILES string of the molecule is COc1c(N)nsc1N(C)Cc1ccsc1. The maximum Gasteiger partial charge on any atom is 0.197 e. The van der Waals surface area contributed by atoms with E-state index < -0.39 is 0 Å². The molecule has 2 heterocycles. The molecule has 0 aliphatic carbocycles. The predicted octanol–water partition coefficient (Wildman–Crippen LogP) is 2.43. The first-order valence-corrected chi connectivity index (χ1v) is 6.45. The molecule has 0 radical (unpaired) electrons. The highest BCUT2D eigenvalue weighted by Crippen LogP contribution is 2.37. The lowest BCUT2D eigenvalue weighted by Gasteiger charge is -2.17. The van der Waals surface area contributed by atoms with E-state index in [-0.39, 0.29) is 0 Å². The third kappa shape index (κ3) is 2.12. The van der Waals surface area contributed by atoms with Gasteiger partial charge in [0.15, 0.2) is 16.6 Å². The number of thiophene rings is 1. The Hall–Kier alpha value is -1.27. The van der Waals surface area contributed by atoms with Crippen LogP contribution >= 0.6 is 22.9 Å². The lowest BCUT2D eigenvalue weighted by Crippen LogP contribution is -2.15. The van der Waals surface area contributed by atoms with Gasteiger partial charge in [0.25, 0.3) is 0 Å². The Morgan fingerprint density at radius 1 is 1.56 bits per heavy atom. The molecule has 2 N–H and O–H groups in total. The third-order valence-corrected chi connectivity index (χ3v) is 3.90. The van der Waals surface area contributed by atoms with Crippen molar-refractivity contribution < 1.29 is 4.74 Å². The van der Waals surface area contributed by atoms with Crippen LogP contribution in [0.2, 0.25) is 0 Å². The Bertz CT molecular complexity index is 453. The van der Waals surface area contributed by atoms with Crippen molar-refractivity contribution in [2.24, 2.45) is 0 Å². The molecule has 6 heteroatoms. The fraction of sp³-hybridized carbons (Fsp3) is 0.300. The Kier molecular flexibility index (Phi) is 3.31. The van der Waals surface area contributed by atoms with Crippen molar-refractivity contribution in [3.63, 3.8) is 0 Å². The molecule has 4 nitrogen and oxygen atoms in total. The van der Waals surface area contributed by atoms with Gasteiger partial charge in [-0.05, 0) is 33.9 Å². The summed E-state index contributed by atoms with van der Waals surface area (Å²) in [5.41, 5.74) is 6.99. The summed E-state index contributed by atoms with van der Waals surface area (Å²) >= 11 is 3.06. The highest BCUT2D eigenvalue weighted by Gasteiger charge is 2.15. The fourth-order valence-electron chi connectivity index (χ4n) is 1.45. The Morgan fingerprint density at radius 3 is 3.00 bits per heavy atom. The van der Waals surface area contributed by atoms with Gasteiger partial charge in [-0.15, -0.1) is 0 Å². The monoisotopic (exact) mass is 255 g/mol. The number of hydrogen-bond donors (Lipinski definition) is 1. The van der Waals surface area contributed by atoms with Gasteiger partial charge in [0.2, 0.25) is 0 Å². The highest BCUT2D eigenvalue weighted by atomic mass is 32.1. The number of anilines is 2. The van der Waals surface area contributed by atoms with Crippen molar-refractivity contribution in [3.05, 3.63) is 22.4 Å². The van der Waals surface area contributed by atoms with E-state index in [4.69, 9.17) is 10.5 Å². The minimum absolute atomic E-state index is 0.458. The molecule has 0 bridgehead atoms. The van der Waals surface area contributed by atoms with Gasteiger partial charge < -0.3 is 15.4 Å². The van der Waals surface area contributed by atoms with E-state index in [1.54, 1.807) is 18.4 Å². The second-order valence-electron chi connectivity index (χ2n) is 3.39. The second-order valence-corrected chi connectivity index (χ2v) is 4.93. The highest BCUT2D eigenvalue weighted by molar-refractivity contribution is 7.11. The summed E-state index contributed by atoms with van der Waals surface area (Å²) in [6.45, 7) is 0.835. The molecule has 16 heavy (non-hydrogen) atoms. The van der Waals surface area contributed by atoms with Crippen molar-refractivity contribution in [1.82, 2.24) is 4.37 Å². The van der Waals surface area contributed by atoms with Gasteiger partial charge in [-0.3, -0.25) is 0 Å². The quantitative estimate of drug-likeness (QED) is 0.911. The molecule has 0 atom stereocenters. The van der Waals surface area contributed by atoms with E-state index in [9.17, 15) is 0 Å². The first-order valence-electron chi connectivity index (χ1n) is 4.73. The van der Waals surface area contributed by atoms with E-state index in [2.05, 4.69) is 26.1 Å². The van der Waals surface area contributed by atoms with Crippen molar-refractivity contribution in [2.45, 2.75) is 6.54 Å². The van der Waals surface area contributed by atoms with Crippen LogP contribution < -0.4 is 15.4 Å². The van der Waals surface area contributed by atoms with Crippen LogP contribution in [-0.4, -0.2) is 18.5 Å². The predicted molar refractivity (Wildman–Crippen MR) is 69.5 cm³/mol. The van der Waals surface area contributed by atoms with Crippen LogP contribution in [0.15, 0.2) is 16.8 Å². The number of aromatic nitrogens is 1. The zero-order chi connectivity index (χ0) is 11.5. The van der Waals surface area contributed by atoms with E-state index in [0.29, 0.717) is 11.6 Å². The normalized spacial score (nSPS) is 10.4. The Morgan fingerprint density at radius 2 is 2.38 bits per heavy atom. The molecule has 0 saturated carbocycles. The zero-order valence-corrected chi connectivity index (χ0v) is 10.8. The molecular formula is C10H13N3OS2. The van der Waals surface area contributed by atoms with Gasteiger partial charge in [0, 0.05) is 13.6 Å². The molecule has 0 aliphatic heterocycles. The van der Waals surface area contributed by atoms with Crippen LogP contribution in [0.3, 0.4) is 0 Å². The minimum Gasteiger partial charge on any atom is -0.490 e. The van der Waals surface area contributed by atoms with Gasteiger partial charge >= 0.3 is 0 Å². The van der Waals surface area contributed by atoms with Gasteiger partial charge in [-0.2, -0.15) is 15.7 Å². The van der Waals surface area contributed by atoms with E-state index in [1.165, 1.54) is 17.1 Å². The third-order valence-electron chi connectivity index (χ3n) is 2.21. The van der Waals surface area contributed by atoms with Crippen LogP contribution in [0.5, 0.6) is 5.75 Å². The van der Waals surface area contributed by atoms with Crippen LogP contribution in [0.1, 0.15) is 5.56 Å². The van der Waals surface area contributed by atoms with E-state index in [1.807, 2.05) is 7.05 Å². The molecule has 0 aliphatic rings. The van der Waals surface area contributed by atoms with Gasteiger partial charge in [0.05, 0.1) is 7.11 Å². The summed E-state index contributed by atoms with van der Waals surface area (Å²) in [6.07, 6.45) is 0. The second kappa shape index (κ2) is 4.71. The summed E-state index contributed by atoms with van der Waals surface area (Å²) in [7, 11) is 3.62. The number of nitrogen functional groups attached to an aromatic ring is 1. The number of ether oxygens (including phenoxy) is 1. The minimum atomic E-state index is 0.458. The lowest BCUT2D eigenvalue weighted by atomic mass is 10.3. The average molecular weight is 255 g/mol. The summed E-state index contributed by atoms with van der Waals surface area (Å²) in [4.78, 5) is 2.09. The molecule has 0 saturated heterocycles.